The zero-order valence-corrected chi connectivity index (χ0v) is 16.0. The number of benzene rings is 2. The summed E-state index contributed by atoms with van der Waals surface area (Å²) in [6, 6.07) is 15.5. The Balaban J connectivity index is 1.51. The van der Waals surface area contributed by atoms with Crippen LogP contribution in [0.25, 0.3) is 16.8 Å². The number of hydrogen-bond donors (Lipinski definition) is 1. The fourth-order valence-electron chi connectivity index (χ4n) is 2.70. The number of ether oxygens (including phenoxy) is 3. The molecule has 6 nitrogen and oxygen atoms in total. The van der Waals surface area contributed by atoms with Gasteiger partial charge in [-0.25, -0.2) is 4.98 Å². The summed E-state index contributed by atoms with van der Waals surface area (Å²) in [5, 5.41) is 15.3. The highest BCUT2D eigenvalue weighted by Gasteiger charge is 2.13. The molecule has 0 aliphatic carbocycles. The topological polar surface area (TPSA) is 76.4 Å². The standard InChI is InChI=1S/C21H17N3O3S/c1-2-25-17-6-3-14(4-7-17)18-12-28-21(24-18)15(10-22)11-23-16-5-8-19-20(9-16)27-13-26-19/h3-9,11-12,23H,2,13H2,1H3/b15-11+. The van der Waals surface area contributed by atoms with E-state index in [-0.39, 0.29) is 6.79 Å². The molecule has 0 saturated carbocycles. The predicted molar refractivity (Wildman–Crippen MR) is 108 cm³/mol. The number of aromatic nitrogens is 1. The van der Waals surface area contributed by atoms with Gasteiger partial charge in [-0.15, -0.1) is 11.3 Å². The van der Waals surface area contributed by atoms with Gasteiger partial charge in [-0.3, -0.25) is 0 Å². The summed E-state index contributed by atoms with van der Waals surface area (Å²) in [5.74, 6) is 2.23. The van der Waals surface area contributed by atoms with Crippen LogP contribution in [0.4, 0.5) is 5.69 Å². The number of rotatable bonds is 6. The molecule has 7 heteroatoms. The first kappa shape index (κ1) is 17.9. The maximum atomic E-state index is 9.53. The van der Waals surface area contributed by atoms with Gasteiger partial charge in [0.2, 0.25) is 6.79 Å². The van der Waals surface area contributed by atoms with E-state index < -0.39 is 0 Å². The zero-order chi connectivity index (χ0) is 19.3. The molecule has 28 heavy (non-hydrogen) atoms. The Labute approximate surface area is 166 Å². The van der Waals surface area contributed by atoms with E-state index in [2.05, 4.69) is 16.4 Å². The smallest absolute Gasteiger partial charge is 0.231 e. The monoisotopic (exact) mass is 391 g/mol. The first-order chi connectivity index (χ1) is 13.8. The Bertz CT molecular complexity index is 1050. The highest BCUT2D eigenvalue weighted by molar-refractivity contribution is 7.11. The maximum absolute atomic E-state index is 9.53. The molecule has 0 fully saturated rings. The third-order valence-electron chi connectivity index (χ3n) is 4.07. The third kappa shape index (κ3) is 3.77. The van der Waals surface area contributed by atoms with E-state index in [0.717, 1.165) is 28.4 Å². The van der Waals surface area contributed by atoms with E-state index in [1.165, 1.54) is 11.3 Å². The highest BCUT2D eigenvalue weighted by atomic mass is 32.1. The van der Waals surface area contributed by atoms with E-state index in [1.807, 2.05) is 54.8 Å². The lowest BCUT2D eigenvalue weighted by Gasteiger charge is -2.03. The van der Waals surface area contributed by atoms with Crippen LogP contribution in [-0.4, -0.2) is 18.4 Å². The lowest BCUT2D eigenvalue weighted by atomic mass is 10.2. The number of hydrogen-bond acceptors (Lipinski definition) is 7. The predicted octanol–water partition coefficient (Wildman–Crippen LogP) is 4.91. The molecule has 1 aromatic heterocycles. The van der Waals surface area contributed by atoms with Gasteiger partial charge in [0.1, 0.15) is 22.4 Å². The number of allylic oxidation sites excluding steroid dienone is 1. The Kier molecular flexibility index (Phi) is 5.13. The van der Waals surface area contributed by atoms with Gasteiger partial charge in [0.25, 0.3) is 0 Å². The first-order valence-electron chi connectivity index (χ1n) is 8.72. The first-order valence-corrected chi connectivity index (χ1v) is 9.60. The van der Waals surface area contributed by atoms with E-state index in [1.54, 1.807) is 6.20 Å². The van der Waals surface area contributed by atoms with Crippen molar-refractivity contribution in [2.45, 2.75) is 6.92 Å². The van der Waals surface area contributed by atoms with Crippen LogP contribution in [0.2, 0.25) is 0 Å². The van der Waals surface area contributed by atoms with Crippen LogP contribution >= 0.6 is 11.3 Å². The molecule has 0 atom stereocenters. The minimum absolute atomic E-state index is 0.228. The molecule has 0 amide bonds. The van der Waals surface area contributed by atoms with Crippen molar-refractivity contribution in [1.29, 1.82) is 5.26 Å². The zero-order valence-electron chi connectivity index (χ0n) is 15.1. The van der Waals surface area contributed by atoms with Crippen molar-refractivity contribution < 1.29 is 14.2 Å². The van der Waals surface area contributed by atoms with Gasteiger partial charge >= 0.3 is 0 Å². The van der Waals surface area contributed by atoms with Gasteiger partial charge in [0, 0.05) is 28.9 Å². The van der Waals surface area contributed by atoms with Crippen molar-refractivity contribution in [2.24, 2.45) is 0 Å². The van der Waals surface area contributed by atoms with Crippen LogP contribution in [0.5, 0.6) is 17.2 Å². The van der Waals surface area contributed by atoms with Gasteiger partial charge < -0.3 is 19.5 Å². The van der Waals surface area contributed by atoms with Crippen molar-refractivity contribution in [1.82, 2.24) is 4.98 Å². The summed E-state index contributed by atoms with van der Waals surface area (Å²) in [7, 11) is 0. The molecule has 0 spiro atoms. The number of anilines is 1. The lowest BCUT2D eigenvalue weighted by Crippen LogP contribution is -1.93. The Hall–Kier alpha value is -3.50. The maximum Gasteiger partial charge on any atom is 0.231 e. The molecule has 0 unspecified atom stereocenters. The summed E-state index contributed by atoms with van der Waals surface area (Å²) in [6.45, 7) is 2.81. The van der Waals surface area contributed by atoms with E-state index in [0.29, 0.717) is 22.9 Å². The Morgan fingerprint density at radius 3 is 2.86 bits per heavy atom. The van der Waals surface area contributed by atoms with Crippen LogP contribution in [0, 0.1) is 11.3 Å². The molecular weight excluding hydrogens is 374 g/mol. The summed E-state index contributed by atoms with van der Waals surface area (Å²) >= 11 is 1.43. The van der Waals surface area contributed by atoms with Gasteiger partial charge in [-0.05, 0) is 43.3 Å². The fourth-order valence-corrected chi connectivity index (χ4v) is 3.50. The van der Waals surface area contributed by atoms with Crippen molar-refractivity contribution in [3.8, 4) is 34.6 Å². The van der Waals surface area contributed by atoms with Gasteiger partial charge in [0.15, 0.2) is 11.5 Å². The quantitative estimate of drug-likeness (QED) is 0.602. The molecular formula is C21H17N3O3S. The lowest BCUT2D eigenvalue weighted by molar-refractivity contribution is 0.174. The van der Waals surface area contributed by atoms with Crippen molar-refractivity contribution >= 4 is 22.6 Å². The van der Waals surface area contributed by atoms with Gasteiger partial charge in [-0.1, -0.05) is 0 Å². The fraction of sp³-hybridized carbons (Fsp3) is 0.143. The molecule has 1 N–H and O–H groups in total. The van der Waals surface area contributed by atoms with Crippen molar-refractivity contribution in [3.63, 3.8) is 0 Å². The van der Waals surface area contributed by atoms with Crippen LogP contribution in [-0.2, 0) is 0 Å². The molecule has 0 radical (unpaired) electrons. The van der Waals surface area contributed by atoms with Crippen molar-refractivity contribution in [2.75, 3.05) is 18.7 Å². The SMILES string of the molecule is CCOc1ccc(-c2csc(/C(C#N)=C/Nc3ccc4c(c3)OCO4)n2)cc1. The number of nitrogens with zero attached hydrogens (tertiary/aromatic N) is 2. The largest absolute Gasteiger partial charge is 0.494 e. The molecule has 140 valence electrons. The summed E-state index contributed by atoms with van der Waals surface area (Å²) < 4.78 is 16.1. The van der Waals surface area contributed by atoms with Crippen LogP contribution in [0.1, 0.15) is 11.9 Å². The average Bonchev–Trinajstić information content (AvgIpc) is 3.39. The van der Waals surface area contributed by atoms with Gasteiger partial charge in [-0.2, -0.15) is 5.26 Å². The van der Waals surface area contributed by atoms with Gasteiger partial charge in [0.05, 0.1) is 12.3 Å². The molecule has 1 aliphatic heterocycles. The molecule has 2 heterocycles. The highest BCUT2D eigenvalue weighted by Crippen LogP contribution is 2.34. The Morgan fingerprint density at radius 2 is 2.07 bits per heavy atom. The summed E-state index contributed by atoms with van der Waals surface area (Å²) in [4.78, 5) is 4.60. The Morgan fingerprint density at radius 1 is 1.25 bits per heavy atom. The van der Waals surface area contributed by atoms with Crippen LogP contribution < -0.4 is 19.5 Å². The summed E-state index contributed by atoms with van der Waals surface area (Å²) in [5.41, 5.74) is 3.07. The molecule has 4 rings (SSSR count). The second kappa shape index (κ2) is 8.03. The van der Waals surface area contributed by atoms with Crippen molar-refractivity contribution in [3.05, 3.63) is 59.1 Å². The number of nitriles is 1. The second-order valence-corrected chi connectivity index (χ2v) is 6.74. The minimum Gasteiger partial charge on any atom is -0.494 e. The van der Waals surface area contributed by atoms with Crippen LogP contribution in [0.15, 0.2) is 54.0 Å². The third-order valence-corrected chi connectivity index (χ3v) is 4.95. The minimum atomic E-state index is 0.228. The number of nitrogens with one attached hydrogen (secondary N) is 1. The summed E-state index contributed by atoms with van der Waals surface area (Å²) in [6.07, 6.45) is 1.65. The second-order valence-electron chi connectivity index (χ2n) is 5.88. The number of fused-ring (bicyclic) bond motifs is 1. The normalized spacial score (nSPS) is 12.5. The van der Waals surface area contributed by atoms with E-state index in [9.17, 15) is 5.26 Å². The molecule has 3 aromatic rings. The van der Waals surface area contributed by atoms with E-state index in [4.69, 9.17) is 14.2 Å². The average molecular weight is 391 g/mol. The number of thiazole rings is 1. The molecule has 1 aliphatic rings. The van der Waals surface area contributed by atoms with Crippen LogP contribution in [0.3, 0.4) is 0 Å². The molecule has 2 aromatic carbocycles. The van der Waals surface area contributed by atoms with E-state index >= 15 is 0 Å². The molecule has 0 saturated heterocycles. The molecule has 0 bridgehead atoms.